The van der Waals surface area contributed by atoms with Crippen molar-refractivity contribution in [1.82, 2.24) is 15.0 Å². The normalized spacial score (nSPS) is 33.4. The highest BCUT2D eigenvalue weighted by Gasteiger charge is 2.51. The van der Waals surface area contributed by atoms with Crippen LogP contribution in [0, 0.1) is 0 Å². The maximum atomic E-state index is 12.7. The van der Waals surface area contributed by atoms with E-state index in [1.165, 1.54) is 4.68 Å². The fourth-order valence-electron chi connectivity index (χ4n) is 3.98. The van der Waals surface area contributed by atoms with Crippen LogP contribution in [0.2, 0.25) is 0 Å². The van der Waals surface area contributed by atoms with Gasteiger partial charge in [0.05, 0.1) is 18.9 Å². The van der Waals surface area contributed by atoms with Gasteiger partial charge in [0.15, 0.2) is 11.9 Å². The Bertz CT molecular complexity index is 853. The van der Waals surface area contributed by atoms with Gasteiger partial charge in [0.1, 0.15) is 11.7 Å². The minimum atomic E-state index is -1.32. The summed E-state index contributed by atoms with van der Waals surface area (Å²) in [5, 5.41) is 22.3. The quantitative estimate of drug-likeness (QED) is 0.837. The van der Waals surface area contributed by atoms with Gasteiger partial charge < -0.3 is 19.9 Å². The highest BCUT2D eigenvalue weighted by atomic mass is 16.7. The molecule has 2 unspecified atom stereocenters. The number of carbonyl (C=O) groups is 1. The van der Waals surface area contributed by atoms with Gasteiger partial charge in [-0.2, -0.15) is 0 Å². The van der Waals surface area contributed by atoms with Crippen molar-refractivity contribution in [3.05, 3.63) is 41.7 Å². The first kappa shape index (κ1) is 15.9. The Morgan fingerprint density at radius 3 is 3.12 bits per heavy atom. The first-order valence-electron chi connectivity index (χ1n) is 8.94. The van der Waals surface area contributed by atoms with E-state index in [0.717, 1.165) is 17.7 Å². The zero-order valence-corrected chi connectivity index (χ0v) is 14.2. The number of rotatable bonds is 2. The molecule has 2 bridgehead atoms. The van der Waals surface area contributed by atoms with E-state index in [2.05, 4.69) is 15.6 Å². The van der Waals surface area contributed by atoms with Crippen molar-refractivity contribution < 1.29 is 19.4 Å². The number of fused-ring (bicyclic) bond motifs is 3. The summed E-state index contributed by atoms with van der Waals surface area (Å²) in [5.41, 5.74) is 1.01. The number of anilines is 1. The van der Waals surface area contributed by atoms with Gasteiger partial charge in [-0.3, -0.25) is 4.79 Å². The number of aromatic nitrogens is 3. The van der Waals surface area contributed by atoms with E-state index in [9.17, 15) is 9.90 Å². The molecule has 2 aromatic rings. The maximum Gasteiger partial charge on any atom is 0.249 e. The number of nitrogens with one attached hydrogen (secondary N) is 1. The van der Waals surface area contributed by atoms with Gasteiger partial charge >= 0.3 is 0 Å². The molecule has 1 aromatic carbocycles. The lowest BCUT2D eigenvalue weighted by Gasteiger charge is -2.34. The molecule has 0 saturated carbocycles. The molecule has 3 aliphatic rings. The molecule has 4 atom stereocenters. The van der Waals surface area contributed by atoms with Gasteiger partial charge in [0.25, 0.3) is 0 Å². The van der Waals surface area contributed by atoms with Crippen molar-refractivity contribution in [3.63, 3.8) is 0 Å². The number of amides is 1. The summed E-state index contributed by atoms with van der Waals surface area (Å²) in [6.07, 6.45) is 3.55. The van der Waals surface area contributed by atoms with Gasteiger partial charge in [0.2, 0.25) is 5.91 Å². The number of hydrogen-bond donors (Lipinski definition) is 2. The lowest BCUT2D eigenvalue weighted by molar-refractivity contribution is -0.219. The van der Waals surface area contributed by atoms with Crippen molar-refractivity contribution in [2.24, 2.45) is 0 Å². The van der Waals surface area contributed by atoms with Crippen LogP contribution in [0.25, 0.3) is 0 Å². The molecule has 3 aliphatic heterocycles. The first-order chi connectivity index (χ1) is 12.6. The molecule has 2 fully saturated rings. The summed E-state index contributed by atoms with van der Waals surface area (Å²) in [7, 11) is 0. The Balaban J connectivity index is 1.41. The Kier molecular flexibility index (Phi) is 3.59. The minimum absolute atomic E-state index is 0.0430. The van der Waals surface area contributed by atoms with Crippen LogP contribution in [0.3, 0.4) is 0 Å². The summed E-state index contributed by atoms with van der Waals surface area (Å²) in [6, 6.07) is 7.31. The van der Waals surface area contributed by atoms with Gasteiger partial charge in [0, 0.05) is 5.69 Å². The topological polar surface area (TPSA) is 98.5 Å². The third kappa shape index (κ3) is 2.45. The molecule has 8 nitrogen and oxygen atoms in total. The first-order valence-corrected chi connectivity index (χ1v) is 8.94. The predicted octanol–water partition coefficient (Wildman–Crippen LogP) is 1.13. The van der Waals surface area contributed by atoms with Crippen LogP contribution in [-0.2, 0) is 26.3 Å². The average molecular weight is 356 g/mol. The molecular weight excluding hydrogens is 336 g/mol. The Hall–Kier alpha value is -2.29. The second kappa shape index (κ2) is 5.87. The number of ether oxygens (including phenoxy) is 2. The van der Waals surface area contributed by atoms with Crippen LogP contribution in [0.15, 0.2) is 30.5 Å². The van der Waals surface area contributed by atoms with E-state index < -0.39 is 17.9 Å². The predicted molar refractivity (Wildman–Crippen MR) is 90.2 cm³/mol. The molecule has 1 aromatic heterocycles. The van der Waals surface area contributed by atoms with Crippen LogP contribution in [0.4, 0.5) is 5.69 Å². The molecule has 4 heterocycles. The molecule has 1 amide bonds. The molecule has 8 heteroatoms. The number of nitrogens with zero attached hydrogens (tertiary/aromatic N) is 3. The molecule has 26 heavy (non-hydrogen) atoms. The molecule has 2 saturated heterocycles. The second-order valence-electron chi connectivity index (χ2n) is 7.17. The fraction of sp³-hybridized carbons (Fsp3) is 0.500. The van der Waals surface area contributed by atoms with E-state index in [1.807, 2.05) is 24.3 Å². The standard InChI is InChI=1S/C18H20N4O4/c23-16-14(6-5-11-3-1-2-4-13(11)19-16)22-9-15(20-21-22)18(24)8-7-12-10-25-17(18)26-12/h1-4,9,12,14,17,24H,5-8,10H2,(H,19,23)/t12-,14?,17+,18?/m0/s1. The lowest BCUT2D eigenvalue weighted by atomic mass is 9.90. The summed E-state index contributed by atoms with van der Waals surface area (Å²) < 4.78 is 12.8. The number of hydrogen-bond acceptors (Lipinski definition) is 6. The van der Waals surface area contributed by atoms with Crippen molar-refractivity contribution in [2.45, 2.75) is 49.7 Å². The molecule has 0 spiro atoms. The summed E-state index contributed by atoms with van der Waals surface area (Å²) >= 11 is 0. The minimum Gasteiger partial charge on any atom is -0.378 e. The smallest absolute Gasteiger partial charge is 0.249 e. The maximum absolute atomic E-state index is 12.7. The van der Waals surface area contributed by atoms with Gasteiger partial charge in [-0.1, -0.05) is 23.4 Å². The SMILES string of the molecule is O=C1Nc2ccccc2CCC1n1cc(C2(O)CC[C@H]3CO[C@@H]2O3)nn1. The van der Waals surface area contributed by atoms with Crippen molar-refractivity contribution in [2.75, 3.05) is 11.9 Å². The van der Waals surface area contributed by atoms with Crippen molar-refractivity contribution >= 4 is 11.6 Å². The van der Waals surface area contributed by atoms with Crippen molar-refractivity contribution in [1.29, 1.82) is 0 Å². The Labute approximate surface area is 150 Å². The average Bonchev–Trinajstić information content (AvgIpc) is 3.25. The number of benzene rings is 1. The zero-order chi connectivity index (χ0) is 17.7. The van der Waals surface area contributed by atoms with Gasteiger partial charge in [-0.15, -0.1) is 5.10 Å². The summed E-state index contributed by atoms with van der Waals surface area (Å²) in [6.45, 7) is 0.490. The molecule has 5 rings (SSSR count). The van der Waals surface area contributed by atoms with Crippen LogP contribution in [-0.4, -0.2) is 45.0 Å². The molecule has 136 valence electrons. The summed E-state index contributed by atoms with van der Waals surface area (Å²) in [5.74, 6) is -0.129. The largest absolute Gasteiger partial charge is 0.378 e. The number of aliphatic hydroxyl groups is 1. The van der Waals surface area contributed by atoms with E-state index >= 15 is 0 Å². The number of para-hydroxylation sites is 1. The zero-order valence-electron chi connectivity index (χ0n) is 14.2. The van der Waals surface area contributed by atoms with Crippen LogP contribution in [0.1, 0.15) is 36.6 Å². The van der Waals surface area contributed by atoms with E-state index in [1.54, 1.807) is 6.20 Å². The molecular formula is C18H20N4O4. The molecule has 2 N–H and O–H groups in total. The lowest BCUT2D eigenvalue weighted by Crippen LogP contribution is -2.44. The van der Waals surface area contributed by atoms with E-state index in [-0.39, 0.29) is 12.0 Å². The number of carbonyl (C=O) groups excluding carboxylic acids is 1. The third-order valence-corrected chi connectivity index (χ3v) is 5.53. The second-order valence-corrected chi connectivity index (χ2v) is 7.17. The van der Waals surface area contributed by atoms with Gasteiger partial charge in [-0.05, 0) is 37.3 Å². The summed E-state index contributed by atoms with van der Waals surface area (Å²) in [4.78, 5) is 12.7. The molecule has 0 aliphatic carbocycles. The van der Waals surface area contributed by atoms with Gasteiger partial charge in [-0.25, -0.2) is 4.68 Å². The number of aryl methyl sites for hydroxylation is 1. The highest BCUT2D eigenvalue weighted by Crippen LogP contribution is 2.41. The third-order valence-electron chi connectivity index (χ3n) is 5.53. The van der Waals surface area contributed by atoms with Crippen LogP contribution >= 0.6 is 0 Å². The molecule has 0 radical (unpaired) electrons. The van der Waals surface area contributed by atoms with Crippen molar-refractivity contribution in [3.8, 4) is 0 Å². The Morgan fingerprint density at radius 1 is 1.31 bits per heavy atom. The van der Waals surface area contributed by atoms with Crippen LogP contribution < -0.4 is 5.32 Å². The Morgan fingerprint density at radius 2 is 2.19 bits per heavy atom. The monoisotopic (exact) mass is 356 g/mol. The van der Waals surface area contributed by atoms with E-state index in [0.29, 0.717) is 31.6 Å². The van der Waals surface area contributed by atoms with E-state index in [4.69, 9.17) is 9.47 Å². The van der Waals surface area contributed by atoms with Crippen LogP contribution in [0.5, 0.6) is 0 Å². The highest BCUT2D eigenvalue weighted by molar-refractivity contribution is 5.95. The fourth-order valence-corrected chi connectivity index (χ4v) is 3.98.